The molecule has 0 atom stereocenters. The molecule has 7 heteroatoms. The SMILES string of the molecule is COc1ccc(OC)c(-n2c(-c3ccccc3)cc(C(=O)N(C)CCc3ccc(OC)c(OC)c3)c2C)c1. The molecule has 0 unspecified atom stereocenters. The summed E-state index contributed by atoms with van der Waals surface area (Å²) in [7, 11) is 8.33. The van der Waals surface area contributed by atoms with Gasteiger partial charge in [-0.3, -0.25) is 4.79 Å². The highest BCUT2D eigenvalue weighted by molar-refractivity contribution is 5.97. The number of likely N-dealkylation sites (N-methyl/N-ethyl adjacent to an activating group) is 1. The minimum Gasteiger partial charge on any atom is -0.497 e. The maximum atomic E-state index is 13.7. The smallest absolute Gasteiger partial charge is 0.255 e. The van der Waals surface area contributed by atoms with Crippen LogP contribution in [-0.4, -0.2) is 57.4 Å². The van der Waals surface area contributed by atoms with E-state index in [1.54, 1.807) is 33.3 Å². The molecule has 0 radical (unpaired) electrons. The molecule has 1 heterocycles. The number of ether oxygens (including phenoxy) is 4. The van der Waals surface area contributed by atoms with Gasteiger partial charge >= 0.3 is 0 Å². The molecule has 0 aliphatic carbocycles. The first-order chi connectivity index (χ1) is 18.4. The highest BCUT2D eigenvalue weighted by Gasteiger charge is 2.24. The van der Waals surface area contributed by atoms with Crippen LogP contribution in [-0.2, 0) is 6.42 Å². The first-order valence-electron chi connectivity index (χ1n) is 12.4. The Morgan fingerprint density at radius 2 is 1.47 bits per heavy atom. The third-order valence-corrected chi connectivity index (χ3v) is 6.70. The summed E-state index contributed by atoms with van der Waals surface area (Å²) in [4.78, 5) is 15.5. The van der Waals surface area contributed by atoms with Crippen LogP contribution in [0.15, 0.2) is 72.8 Å². The zero-order chi connectivity index (χ0) is 27.2. The zero-order valence-electron chi connectivity index (χ0n) is 22.8. The average molecular weight is 515 g/mol. The quantitative estimate of drug-likeness (QED) is 0.268. The van der Waals surface area contributed by atoms with E-state index in [1.165, 1.54) is 0 Å². The summed E-state index contributed by atoms with van der Waals surface area (Å²) in [5.74, 6) is 2.68. The van der Waals surface area contributed by atoms with Crippen LogP contribution >= 0.6 is 0 Å². The van der Waals surface area contributed by atoms with Crippen molar-refractivity contribution in [2.45, 2.75) is 13.3 Å². The number of carbonyl (C=O) groups is 1. The number of amides is 1. The van der Waals surface area contributed by atoms with Crippen molar-refractivity contribution >= 4 is 5.91 Å². The van der Waals surface area contributed by atoms with E-state index < -0.39 is 0 Å². The molecular weight excluding hydrogens is 480 g/mol. The van der Waals surface area contributed by atoms with Crippen molar-refractivity contribution in [3.8, 4) is 39.9 Å². The summed E-state index contributed by atoms with van der Waals surface area (Å²) < 4.78 is 24.0. The standard InChI is InChI=1S/C31H34N2O5/c1-21-25(31(34)32(2)17-16-22-12-14-29(37-5)30(18-22)38-6)20-26(23-10-8-7-9-11-23)33(21)27-19-24(35-3)13-15-28(27)36-4/h7-15,18-20H,16-17H2,1-6H3. The molecule has 1 amide bonds. The minimum absolute atomic E-state index is 0.0548. The number of benzene rings is 3. The molecule has 1 aromatic heterocycles. The molecule has 0 saturated carbocycles. The Bertz CT molecular complexity index is 1410. The second kappa shape index (κ2) is 11.8. The highest BCUT2D eigenvalue weighted by atomic mass is 16.5. The van der Waals surface area contributed by atoms with Gasteiger partial charge in [-0.25, -0.2) is 0 Å². The van der Waals surface area contributed by atoms with E-state index in [1.807, 2.05) is 86.8 Å². The van der Waals surface area contributed by atoms with Crippen molar-refractivity contribution in [2.24, 2.45) is 0 Å². The maximum Gasteiger partial charge on any atom is 0.255 e. The van der Waals surface area contributed by atoms with Gasteiger partial charge in [0.25, 0.3) is 5.91 Å². The van der Waals surface area contributed by atoms with Gasteiger partial charge in [-0.2, -0.15) is 0 Å². The van der Waals surface area contributed by atoms with Crippen molar-refractivity contribution in [3.05, 3.63) is 89.6 Å². The van der Waals surface area contributed by atoms with E-state index >= 15 is 0 Å². The molecule has 0 saturated heterocycles. The van der Waals surface area contributed by atoms with Crippen LogP contribution in [0.25, 0.3) is 16.9 Å². The van der Waals surface area contributed by atoms with Gasteiger partial charge in [0.05, 0.1) is 45.4 Å². The molecule has 0 bridgehead atoms. The largest absolute Gasteiger partial charge is 0.497 e. The van der Waals surface area contributed by atoms with Crippen LogP contribution in [0.1, 0.15) is 21.6 Å². The summed E-state index contributed by atoms with van der Waals surface area (Å²) in [5.41, 5.74) is 5.19. The van der Waals surface area contributed by atoms with Gasteiger partial charge in [-0.05, 0) is 54.8 Å². The predicted octanol–water partition coefficient (Wildman–Crippen LogP) is 5.80. The van der Waals surface area contributed by atoms with E-state index in [9.17, 15) is 4.79 Å². The van der Waals surface area contributed by atoms with Crippen molar-refractivity contribution in [2.75, 3.05) is 42.0 Å². The van der Waals surface area contributed by atoms with Gasteiger partial charge in [0.2, 0.25) is 0 Å². The van der Waals surface area contributed by atoms with Gasteiger partial charge in [-0.1, -0.05) is 36.4 Å². The zero-order valence-corrected chi connectivity index (χ0v) is 22.8. The lowest BCUT2D eigenvalue weighted by molar-refractivity contribution is 0.0796. The second-order valence-corrected chi connectivity index (χ2v) is 8.93. The van der Waals surface area contributed by atoms with E-state index in [4.69, 9.17) is 18.9 Å². The Morgan fingerprint density at radius 1 is 0.789 bits per heavy atom. The number of rotatable bonds is 10. The summed E-state index contributed by atoms with van der Waals surface area (Å²) >= 11 is 0. The van der Waals surface area contributed by atoms with Crippen molar-refractivity contribution < 1.29 is 23.7 Å². The Labute approximate surface area is 224 Å². The fourth-order valence-corrected chi connectivity index (χ4v) is 4.57. The monoisotopic (exact) mass is 514 g/mol. The summed E-state index contributed by atoms with van der Waals surface area (Å²) in [5, 5.41) is 0. The normalized spacial score (nSPS) is 10.7. The molecule has 0 fully saturated rings. The molecule has 0 spiro atoms. The van der Waals surface area contributed by atoms with Crippen molar-refractivity contribution in [1.82, 2.24) is 9.47 Å². The van der Waals surface area contributed by atoms with Crippen LogP contribution in [0.5, 0.6) is 23.0 Å². The molecule has 4 rings (SSSR count). The number of hydrogen-bond donors (Lipinski definition) is 0. The third-order valence-electron chi connectivity index (χ3n) is 6.70. The van der Waals surface area contributed by atoms with E-state index in [-0.39, 0.29) is 5.91 Å². The highest BCUT2D eigenvalue weighted by Crippen LogP contribution is 2.36. The number of aromatic nitrogens is 1. The van der Waals surface area contributed by atoms with Crippen LogP contribution in [0.2, 0.25) is 0 Å². The Kier molecular flexibility index (Phi) is 8.26. The lowest BCUT2D eigenvalue weighted by Crippen LogP contribution is -2.29. The third kappa shape index (κ3) is 5.32. The summed E-state index contributed by atoms with van der Waals surface area (Å²) in [6.45, 7) is 2.50. The fourth-order valence-electron chi connectivity index (χ4n) is 4.57. The van der Waals surface area contributed by atoms with E-state index in [0.29, 0.717) is 41.5 Å². The topological polar surface area (TPSA) is 62.2 Å². The average Bonchev–Trinajstić information content (AvgIpc) is 3.31. The molecule has 3 aromatic carbocycles. The van der Waals surface area contributed by atoms with Gasteiger partial charge in [0.1, 0.15) is 11.5 Å². The Hall–Kier alpha value is -4.39. The molecule has 38 heavy (non-hydrogen) atoms. The van der Waals surface area contributed by atoms with E-state index in [2.05, 4.69) is 4.57 Å². The lowest BCUT2D eigenvalue weighted by atomic mass is 10.1. The Morgan fingerprint density at radius 3 is 2.13 bits per heavy atom. The van der Waals surface area contributed by atoms with Crippen LogP contribution < -0.4 is 18.9 Å². The molecule has 0 aliphatic heterocycles. The molecular formula is C31H34N2O5. The number of hydrogen-bond acceptors (Lipinski definition) is 5. The van der Waals surface area contributed by atoms with Gasteiger partial charge in [0.15, 0.2) is 11.5 Å². The fraction of sp³-hybridized carbons (Fsp3) is 0.258. The van der Waals surface area contributed by atoms with Crippen LogP contribution in [0.3, 0.4) is 0 Å². The summed E-state index contributed by atoms with van der Waals surface area (Å²) in [6, 6.07) is 23.5. The number of nitrogens with zero attached hydrogens (tertiary/aromatic N) is 2. The van der Waals surface area contributed by atoms with Gasteiger partial charge < -0.3 is 28.4 Å². The van der Waals surface area contributed by atoms with Crippen LogP contribution in [0, 0.1) is 6.92 Å². The van der Waals surface area contributed by atoms with Crippen LogP contribution in [0.4, 0.5) is 0 Å². The summed E-state index contributed by atoms with van der Waals surface area (Å²) in [6.07, 6.45) is 0.678. The molecule has 0 aliphatic rings. The van der Waals surface area contributed by atoms with Crippen molar-refractivity contribution in [3.63, 3.8) is 0 Å². The first-order valence-corrected chi connectivity index (χ1v) is 12.4. The first kappa shape index (κ1) is 26.7. The molecule has 7 nitrogen and oxygen atoms in total. The number of carbonyl (C=O) groups excluding carboxylic acids is 1. The van der Waals surface area contributed by atoms with Gasteiger partial charge in [-0.15, -0.1) is 0 Å². The lowest BCUT2D eigenvalue weighted by Gasteiger charge is -2.19. The van der Waals surface area contributed by atoms with E-state index in [0.717, 1.165) is 28.2 Å². The second-order valence-electron chi connectivity index (χ2n) is 8.93. The molecule has 198 valence electrons. The molecule has 0 N–H and O–H groups in total. The maximum absolute atomic E-state index is 13.7. The molecule has 4 aromatic rings. The van der Waals surface area contributed by atoms with Crippen molar-refractivity contribution in [1.29, 1.82) is 0 Å². The predicted molar refractivity (Wildman–Crippen MR) is 149 cm³/mol. The minimum atomic E-state index is -0.0548. The number of methoxy groups -OCH3 is 4. The van der Waals surface area contributed by atoms with Gasteiger partial charge in [0, 0.05) is 25.4 Å². The Balaban J connectivity index is 1.70.